The van der Waals surface area contributed by atoms with E-state index in [9.17, 15) is 0 Å². The molecule has 0 N–H and O–H groups in total. The maximum Gasteiger partial charge on any atom is 0.153 e. The number of hydrogen-bond acceptors (Lipinski definition) is 2. The van der Waals surface area contributed by atoms with E-state index in [1.54, 1.807) is 0 Å². The minimum Gasteiger partial charge on any atom is -0.483 e. The fraction of sp³-hybridized carbons (Fsp3) is 0.240. The van der Waals surface area contributed by atoms with E-state index in [4.69, 9.17) is 21.3 Å². The second kappa shape index (κ2) is 8.30. The molecule has 1 heterocycles. The van der Waals surface area contributed by atoms with Crippen LogP contribution in [0.5, 0.6) is 5.75 Å². The van der Waals surface area contributed by atoms with Gasteiger partial charge in [0, 0.05) is 11.6 Å². The van der Waals surface area contributed by atoms with Crippen LogP contribution in [0, 0.1) is 0 Å². The Morgan fingerprint density at radius 3 is 2.28 bits per heavy atom. The number of nitrogens with zero attached hydrogens (tertiary/aromatic N) is 2. The summed E-state index contributed by atoms with van der Waals surface area (Å²) in [6, 6.07) is 24.5. The second-order valence-corrected chi connectivity index (χ2v) is 8.09. The van der Waals surface area contributed by atoms with Crippen LogP contribution in [0.1, 0.15) is 49.7 Å². The number of fused-ring (bicyclic) bond motifs is 1. The molecule has 0 aliphatic carbocycles. The Morgan fingerprint density at radius 2 is 1.59 bits per heavy atom. The van der Waals surface area contributed by atoms with E-state index in [-0.39, 0.29) is 6.10 Å². The van der Waals surface area contributed by atoms with Gasteiger partial charge in [-0.05, 0) is 60.4 Å². The molecule has 3 nitrogen and oxygen atoms in total. The zero-order valence-corrected chi connectivity index (χ0v) is 17.7. The lowest BCUT2D eigenvalue weighted by atomic mass is 10.0. The largest absolute Gasteiger partial charge is 0.483 e. The SMILES string of the molecule is CC(C)c1ccc(Cn2c(C(C)Oc3ccc(Cl)cc3)nc3ccccc32)cc1. The summed E-state index contributed by atoms with van der Waals surface area (Å²) in [4.78, 5) is 4.88. The summed E-state index contributed by atoms with van der Waals surface area (Å²) >= 11 is 5.99. The van der Waals surface area contributed by atoms with Crippen molar-refractivity contribution in [3.63, 3.8) is 0 Å². The first-order valence-corrected chi connectivity index (χ1v) is 10.4. The van der Waals surface area contributed by atoms with Crippen molar-refractivity contribution in [1.82, 2.24) is 9.55 Å². The highest BCUT2D eigenvalue weighted by Crippen LogP contribution is 2.27. The molecule has 1 atom stereocenters. The Labute approximate surface area is 176 Å². The van der Waals surface area contributed by atoms with E-state index in [0.29, 0.717) is 10.9 Å². The van der Waals surface area contributed by atoms with E-state index < -0.39 is 0 Å². The topological polar surface area (TPSA) is 27.1 Å². The fourth-order valence-corrected chi connectivity index (χ4v) is 3.66. The lowest BCUT2D eigenvalue weighted by Crippen LogP contribution is -2.12. The lowest BCUT2D eigenvalue weighted by molar-refractivity contribution is 0.212. The van der Waals surface area contributed by atoms with Crippen molar-refractivity contribution in [1.29, 1.82) is 0 Å². The third-order valence-corrected chi connectivity index (χ3v) is 5.41. The van der Waals surface area contributed by atoms with E-state index in [0.717, 1.165) is 29.2 Å². The average molecular weight is 405 g/mol. The predicted molar refractivity (Wildman–Crippen MR) is 120 cm³/mol. The minimum atomic E-state index is -0.196. The minimum absolute atomic E-state index is 0.196. The molecule has 4 rings (SSSR count). The van der Waals surface area contributed by atoms with E-state index in [2.05, 4.69) is 54.8 Å². The normalized spacial score (nSPS) is 12.4. The van der Waals surface area contributed by atoms with Crippen molar-refractivity contribution in [3.05, 3.63) is 94.8 Å². The zero-order chi connectivity index (χ0) is 20.4. The van der Waals surface area contributed by atoms with Crippen LogP contribution in [0.2, 0.25) is 5.02 Å². The molecule has 0 aliphatic heterocycles. The first kappa shape index (κ1) is 19.5. The highest BCUT2D eigenvalue weighted by atomic mass is 35.5. The maximum atomic E-state index is 6.17. The van der Waals surface area contributed by atoms with Gasteiger partial charge in [0.25, 0.3) is 0 Å². The van der Waals surface area contributed by atoms with Crippen molar-refractivity contribution < 1.29 is 4.74 Å². The number of para-hydroxylation sites is 2. The zero-order valence-electron chi connectivity index (χ0n) is 17.0. The smallest absolute Gasteiger partial charge is 0.153 e. The van der Waals surface area contributed by atoms with Crippen molar-refractivity contribution in [2.75, 3.05) is 0 Å². The standard InChI is InChI=1S/C25H25ClN2O/c1-17(2)20-10-8-19(9-11-20)16-28-24-7-5-4-6-23(24)27-25(28)18(3)29-22-14-12-21(26)13-15-22/h4-15,17-18H,16H2,1-3H3. The summed E-state index contributed by atoms with van der Waals surface area (Å²) in [7, 11) is 0. The number of ether oxygens (including phenoxy) is 1. The summed E-state index contributed by atoms with van der Waals surface area (Å²) in [5.41, 5.74) is 4.69. The first-order chi connectivity index (χ1) is 14.0. The average Bonchev–Trinajstić information content (AvgIpc) is 3.09. The summed E-state index contributed by atoms with van der Waals surface area (Å²) in [6.07, 6.45) is -0.196. The van der Waals surface area contributed by atoms with Crippen LogP contribution >= 0.6 is 11.6 Å². The van der Waals surface area contributed by atoms with Crippen LogP contribution in [0.25, 0.3) is 11.0 Å². The second-order valence-electron chi connectivity index (χ2n) is 7.66. The van der Waals surface area contributed by atoms with Gasteiger partial charge in [0.15, 0.2) is 11.9 Å². The Bertz CT molecular complexity index is 1100. The molecule has 0 spiro atoms. The molecule has 0 saturated carbocycles. The van der Waals surface area contributed by atoms with Gasteiger partial charge < -0.3 is 9.30 Å². The molecule has 3 aromatic carbocycles. The quantitative estimate of drug-likeness (QED) is 0.346. The molecule has 0 aliphatic rings. The molecule has 29 heavy (non-hydrogen) atoms. The molecule has 0 fully saturated rings. The van der Waals surface area contributed by atoms with Crippen LogP contribution in [0.4, 0.5) is 0 Å². The van der Waals surface area contributed by atoms with Gasteiger partial charge >= 0.3 is 0 Å². The highest BCUT2D eigenvalue weighted by Gasteiger charge is 2.18. The van der Waals surface area contributed by atoms with Gasteiger partial charge in [-0.25, -0.2) is 4.98 Å². The summed E-state index contributed by atoms with van der Waals surface area (Å²) in [6.45, 7) is 7.22. The Morgan fingerprint density at radius 1 is 0.897 bits per heavy atom. The van der Waals surface area contributed by atoms with Gasteiger partial charge in [-0.3, -0.25) is 0 Å². The molecule has 1 unspecified atom stereocenters. The van der Waals surface area contributed by atoms with Crippen molar-refractivity contribution >= 4 is 22.6 Å². The molecule has 148 valence electrons. The van der Waals surface area contributed by atoms with Crippen LogP contribution in [0.3, 0.4) is 0 Å². The number of halogens is 1. The van der Waals surface area contributed by atoms with Crippen LogP contribution in [-0.2, 0) is 6.54 Å². The molecular weight excluding hydrogens is 380 g/mol. The summed E-state index contributed by atoms with van der Waals surface area (Å²) < 4.78 is 8.42. The van der Waals surface area contributed by atoms with Gasteiger partial charge in [-0.1, -0.05) is 61.8 Å². The van der Waals surface area contributed by atoms with E-state index in [1.807, 2.05) is 43.3 Å². The number of aromatic nitrogens is 2. The molecule has 1 aromatic heterocycles. The van der Waals surface area contributed by atoms with Crippen LogP contribution in [0.15, 0.2) is 72.8 Å². The van der Waals surface area contributed by atoms with Crippen molar-refractivity contribution in [2.45, 2.75) is 39.3 Å². The van der Waals surface area contributed by atoms with Crippen LogP contribution < -0.4 is 4.74 Å². The molecule has 0 saturated heterocycles. The number of imidazole rings is 1. The lowest BCUT2D eigenvalue weighted by Gasteiger charge is -2.17. The Kier molecular flexibility index (Phi) is 5.59. The Hall–Kier alpha value is -2.78. The van der Waals surface area contributed by atoms with Gasteiger partial charge in [-0.15, -0.1) is 0 Å². The third-order valence-electron chi connectivity index (χ3n) is 5.16. The predicted octanol–water partition coefficient (Wildman–Crippen LogP) is 7.00. The summed E-state index contributed by atoms with van der Waals surface area (Å²) in [5.74, 6) is 2.22. The number of benzene rings is 3. The first-order valence-electron chi connectivity index (χ1n) is 9.97. The molecular formula is C25H25ClN2O. The van der Waals surface area contributed by atoms with Crippen molar-refractivity contribution in [2.24, 2.45) is 0 Å². The highest BCUT2D eigenvalue weighted by molar-refractivity contribution is 6.30. The number of rotatable bonds is 6. The third kappa shape index (κ3) is 4.30. The van der Waals surface area contributed by atoms with Crippen LogP contribution in [-0.4, -0.2) is 9.55 Å². The Balaban J connectivity index is 1.67. The molecule has 0 amide bonds. The molecule has 4 aromatic rings. The molecule has 0 radical (unpaired) electrons. The fourth-order valence-electron chi connectivity index (χ4n) is 3.53. The van der Waals surface area contributed by atoms with Gasteiger partial charge in [-0.2, -0.15) is 0 Å². The molecule has 0 bridgehead atoms. The van der Waals surface area contributed by atoms with E-state index >= 15 is 0 Å². The van der Waals surface area contributed by atoms with Gasteiger partial charge in [0.05, 0.1) is 11.0 Å². The van der Waals surface area contributed by atoms with E-state index in [1.165, 1.54) is 11.1 Å². The van der Waals surface area contributed by atoms with Gasteiger partial charge in [0.1, 0.15) is 5.75 Å². The van der Waals surface area contributed by atoms with Crippen molar-refractivity contribution in [3.8, 4) is 5.75 Å². The monoisotopic (exact) mass is 404 g/mol. The molecule has 4 heteroatoms. The number of hydrogen-bond donors (Lipinski definition) is 0. The van der Waals surface area contributed by atoms with Gasteiger partial charge in [0.2, 0.25) is 0 Å². The maximum absolute atomic E-state index is 6.17. The summed E-state index contributed by atoms with van der Waals surface area (Å²) in [5, 5.41) is 0.696.